The highest BCUT2D eigenvalue weighted by atomic mass is 32.2. The summed E-state index contributed by atoms with van der Waals surface area (Å²) < 4.78 is 0. The second kappa shape index (κ2) is 8.75. The van der Waals surface area contributed by atoms with Crippen molar-refractivity contribution in [1.29, 1.82) is 0 Å². The van der Waals surface area contributed by atoms with Gasteiger partial charge in [-0.2, -0.15) is 0 Å². The van der Waals surface area contributed by atoms with Crippen LogP contribution in [0.15, 0.2) is 58.3 Å². The lowest BCUT2D eigenvalue weighted by Crippen LogP contribution is -2.28. The summed E-state index contributed by atoms with van der Waals surface area (Å²) in [6, 6.07) is 17.5. The first kappa shape index (κ1) is 18.3. The highest BCUT2D eigenvalue weighted by molar-refractivity contribution is 7.99. The molecule has 2 aromatic rings. The summed E-state index contributed by atoms with van der Waals surface area (Å²) in [5, 5.41) is 0. The van der Waals surface area contributed by atoms with Crippen molar-refractivity contribution in [1.82, 2.24) is 9.80 Å². The average molecular weight is 356 g/mol. The summed E-state index contributed by atoms with van der Waals surface area (Å²) in [6.07, 6.45) is 2.40. The third kappa shape index (κ3) is 4.78. The number of rotatable bonds is 8. The molecule has 0 saturated carbocycles. The maximum Gasteiger partial charge on any atom is 0.0552 e. The quantitative estimate of drug-likeness (QED) is 0.686. The summed E-state index contributed by atoms with van der Waals surface area (Å²) in [6.45, 7) is 4.53. The third-order valence-electron chi connectivity index (χ3n) is 4.60. The summed E-state index contributed by atoms with van der Waals surface area (Å²) in [5.74, 6) is 0. The van der Waals surface area contributed by atoms with E-state index < -0.39 is 0 Å². The zero-order chi connectivity index (χ0) is 17.6. The van der Waals surface area contributed by atoms with Crippen molar-refractivity contribution in [3.8, 4) is 0 Å². The SMILES string of the molecule is CN(C)CCCN(C)CCCN1c2ccccc2Sc2ccccc21. The van der Waals surface area contributed by atoms with Crippen LogP contribution in [0.5, 0.6) is 0 Å². The molecule has 0 saturated heterocycles. The molecule has 0 N–H and O–H groups in total. The molecular weight excluding hydrogens is 326 g/mol. The van der Waals surface area contributed by atoms with Gasteiger partial charge in [0.25, 0.3) is 0 Å². The minimum atomic E-state index is 1.06. The Balaban J connectivity index is 1.61. The molecule has 1 aliphatic rings. The van der Waals surface area contributed by atoms with E-state index in [1.807, 2.05) is 11.8 Å². The first-order valence-electron chi connectivity index (χ1n) is 9.12. The molecule has 3 nitrogen and oxygen atoms in total. The molecule has 0 unspecified atom stereocenters. The van der Waals surface area contributed by atoms with E-state index in [0.717, 1.165) is 19.6 Å². The number of hydrogen-bond donors (Lipinski definition) is 0. The van der Waals surface area contributed by atoms with E-state index in [-0.39, 0.29) is 0 Å². The summed E-state index contributed by atoms with van der Waals surface area (Å²) in [4.78, 5) is 9.93. The molecule has 0 aliphatic carbocycles. The van der Waals surface area contributed by atoms with Crippen LogP contribution in [0.1, 0.15) is 12.8 Å². The van der Waals surface area contributed by atoms with E-state index in [2.05, 4.69) is 84.4 Å². The van der Waals surface area contributed by atoms with Crippen molar-refractivity contribution in [3.05, 3.63) is 48.5 Å². The topological polar surface area (TPSA) is 9.72 Å². The molecule has 0 bridgehead atoms. The van der Waals surface area contributed by atoms with Crippen molar-refractivity contribution in [2.75, 3.05) is 52.2 Å². The minimum absolute atomic E-state index is 1.06. The molecule has 4 heteroatoms. The molecule has 0 radical (unpaired) electrons. The number of para-hydroxylation sites is 2. The van der Waals surface area contributed by atoms with Gasteiger partial charge in [0.2, 0.25) is 0 Å². The van der Waals surface area contributed by atoms with E-state index in [1.165, 1.54) is 40.6 Å². The number of nitrogens with zero attached hydrogens (tertiary/aromatic N) is 3. The van der Waals surface area contributed by atoms with Crippen LogP contribution in [0.2, 0.25) is 0 Å². The number of benzene rings is 2. The fourth-order valence-electron chi connectivity index (χ4n) is 3.29. The van der Waals surface area contributed by atoms with Crippen molar-refractivity contribution in [3.63, 3.8) is 0 Å². The van der Waals surface area contributed by atoms with Crippen molar-refractivity contribution < 1.29 is 0 Å². The highest BCUT2D eigenvalue weighted by Gasteiger charge is 2.22. The number of hydrogen-bond acceptors (Lipinski definition) is 4. The Hall–Kier alpha value is -1.49. The van der Waals surface area contributed by atoms with Gasteiger partial charge < -0.3 is 14.7 Å². The molecule has 134 valence electrons. The predicted molar refractivity (Wildman–Crippen MR) is 109 cm³/mol. The monoisotopic (exact) mass is 355 g/mol. The largest absolute Gasteiger partial charge is 0.340 e. The fourth-order valence-corrected chi connectivity index (χ4v) is 4.39. The Labute approximate surface area is 156 Å². The lowest BCUT2D eigenvalue weighted by atomic mass is 10.2. The van der Waals surface area contributed by atoms with Gasteiger partial charge >= 0.3 is 0 Å². The van der Waals surface area contributed by atoms with Gasteiger partial charge in [0, 0.05) is 16.3 Å². The lowest BCUT2D eigenvalue weighted by Gasteiger charge is -2.33. The standard InChI is InChI=1S/C21H29N3S/c1-22(2)14-8-15-23(3)16-9-17-24-18-10-4-6-12-20(18)25-21-13-7-5-11-19(21)24/h4-7,10-13H,8-9,14-17H2,1-3H3. The van der Waals surface area contributed by atoms with Crippen LogP contribution >= 0.6 is 11.8 Å². The molecule has 0 atom stereocenters. The van der Waals surface area contributed by atoms with Gasteiger partial charge in [-0.3, -0.25) is 0 Å². The summed E-state index contributed by atoms with van der Waals surface area (Å²) in [5.41, 5.74) is 2.70. The molecule has 0 amide bonds. The molecule has 0 fully saturated rings. The molecule has 0 spiro atoms. The fraction of sp³-hybridized carbons (Fsp3) is 0.429. The molecule has 1 aliphatic heterocycles. The van der Waals surface area contributed by atoms with Gasteiger partial charge in [0.1, 0.15) is 0 Å². The summed E-state index contributed by atoms with van der Waals surface area (Å²) >= 11 is 1.88. The second-order valence-corrected chi connectivity index (χ2v) is 8.09. The first-order chi connectivity index (χ1) is 12.1. The van der Waals surface area contributed by atoms with E-state index in [9.17, 15) is 0 Å². The van der Waals surface area contributed by atoms with Gasteiger partial charge in [-0.1, -0.05) is 36.0 Å². The maximum atomic E-state index is 2.49. The molecule has 3 rings (SSSR count). The van der Waals surface area contributed by atoms with Crippen LogP contribution in [0.4, 0.5) is 11.4 Å². The van der Waals surface area contributed by atoms with Crippen LogP contribution in [-0.4, -0.2) is 57.1 Å². The molecular formula is C21H29N3S. The Morgan fingerprint density at radius 2 is 1.32 bits per heavy atom. The molecule has 0 aromatic heterocycles. The zero-order valence-corrected chi connectivity index (χ0v) is 16.4. The van der Waals surface area contributed by atoms with Crippen molar-refractivity contribution in [2.45, 2.75) is 22.6 Å². The third-order valence-corrected chi connectivity index (χ3v) is 5.73. The predicted octanol–water partition coefficient (Wildman–Crippen LogP) is 4.56. The minimum Gasteiger partial charge on any atom is -0.340 e. The maximum absolute atomic E-state index is 2.49. The van der Waals surface area contributed by atoms with Crippen LogP contribution < -0.4 is 4.90 Å². The van der Waals surface area contributed by atoms with Crippen LogP contribution in [0.25, 0.3) is 0 Å². The van der Waals surface area contributed by atoms with Crippen molar-refractivity contribution in [2.24, 2.45) is 0 Å². The van der Waals surface area contributed by atoms with Gasteiger partial charge in [0.05, 0.1) is 11.4 Å². The van der Waals surface area contributed by atoms with Gasteiger partial charge in [-0.25, -0.2) is 0 Å². The van der Waals surface area contributed by atoms with Crippen LogP contribution in [-0.2, 0) is 0 Å². The smallest absolute Gasteiger partial charge is 0.0552 e. The molecule has 1 heterocycles. The molecule has 25 heavy (non-hydrogen) atoms. The Bertz CT molecular complexity index is 641. The van der Waals surface area contributed by atoms with E-state index in [0.29, 0.717) is 0 Å². The summed E-state index contributed by atoms with van der Waals surface area (Å²) in [7, 11) is 6.52. The van der Waals surface area contributed by atoms with E-state index in [1.54, 1.807) is 0 Å². The van der Waals surface area contributed by atoms with Gasteiger partial charge in [0.15, 0.2) is 0 Å². The lowest BCUT2D eigenvalue weighted by molar-refractivity contribution is 0.298. The van der Waals surface area contributed by atoms with Gasteiger partial charge in [-0.15, -0.1) is 0 Å². The zero-order valence-electron chi connectivity index (χ0n) is 15.6. The first-order valence-corrected chi connectivity index (χ1v) is 9.93. The normalized spacial score (nSPS) is 13.2. The highest BCUT2D eigenvalue weighted by Crippen LogP contribution is 2.47. The van der Waals surface area contributed by atoms with E-state index in [4.69, 9.17) is 0 Å². The molecule has 2 aromatic carbocycles. The Morgan fingerprint density at radius 1 is 0.760 bits per heavy atom. The number of anilines is 2. The van der Waals surface area contributed by atoms with Crippen molar-refractivity contribution >= 4 is 23.1 Å². The average Bonchev–Trinajstić information content (AvgIpc) is 2.60. The van der Waals surface area contributed by atoms with Gasteiger partial charge in [-0.05, 0) is 77.9 Å². The Morgan fingerprint density at radius 3 is 1.92 bits per heavy atom. The van der Waals surface area contributed by atoms with Crippen LogP contribution in [0.3, 0.4) is 0 Å². The van der Waals surface area contributed by atoms with E-state index >= 15 is 0 Å². The Kier molecular flexibility index (Phi) is 6.40. The second-order valence-electron chi connectivity index (χ2n) is 7.00. The van der Waals surface area contributed by atoms with Crippen LogP contribution in [0, 0.1) is 0 Å². The number of fused-ring (bicyclic) bond motifs is 2.